The fraction of sp³-hybridized carbons (Fsp3) is 0.278. The second kappa shape index (κ2) is 9.36. The van der Waals surface area contributed by atoms with Crippen molar-refractivity contribution in [3.05, 3.63) is 65.7 Å². The molecule has 0 saturated heterocycles. The molecule has 1 heterocycles. The van der Waals surface area contributed by atoms with Crippen molar-refractivity contribution in [1.82, 2.24) is 15.6 Å². The van der Waals surface area contributed by atoms with Crippen LogP contribution >= 0.6 is 0 Å². The molecule has 1 aromatic heterocycles. The third kappa shape index (κ3) is 6.21. The zero-order valence-corrected chi connectivity index (χ0v) is 14.1. The van der Waals surface area contributed by atoms with Crippen molar-refractivity contribution in [2.45, 2.75) is 13.0 Å². The summed E-state index contributed by atoms with van der Waals surface area (Å²) in [5, 5.41) is 6.21. The number of nitrogens with two attached hydrogens (primary N) is 1. The predicted molar refractivity (Wildman–Crippen MR) is 95.2 cm³/mol. The Labute approximate surface area is 146 Å². The lowest BCUT2D eigenvalue weighted by atomic mass is 9.98. The van der Waals surface area contributed by atoms with E-state index in [2.05, 4.69) is 20.6 Å². The van der Waals surface area contributed by atoms with Crippen LogP contribution in [0.25, 0.3) is 0 Å². The predicted octanol–water partition coefficient (Wildman–Crippen LogP) is 1.23. The molecular formula is C18H22FN5O. The lowest BCUT2D eigenvalue weighted by Gasteiger charge is -2.17. The number of aliphatic imine (C=N–C) groups is 1. The molecule has 1 unspecified atom stereocenters. The van der Waals surface area contributed by atoms with Crippen LogP contribution in [0.3, 0.4) is 0 Å². The van der Waals surface area contributed by atoms with E-state index in [-0.39, 0.29) is 5.82 Å². The molecule has 6 nitrogen and oxygen atoms in total. The number of rotatable bonds is 7. The Hall–Kier alpha value is -2.96. The Kier molecular flexibility index (Phi) is 6.88. The number of hydrogen-bond acceptors (Lipinski definition) is 3. The van der Waals surface area contributed by atoms with E-state index in [1.807, 2.05) is 18.2 Å². The van der Waals surface area contributed by atoms with E-state index in [0.29, 0.717) is 25.5 Å². The van der Waals surface area contributed by atoms with Gasteiger partial charge in [-0.25, -0.2) is 4.39 Å². The number of benzene rings is 1. The molecule has 7 heteroatoms. The Morgan fingerprint density at radius 2 is 2.00 bits per heavy atom. The van der Waals surface area contributed by atoms with Crippen molar-refractivity contribution in [3.8, 4) is 0 Å². The van der Waals surface area contributed by atoms with Gasteiger partial charge in [-0.15, -0.1) is 0 Å². The number of nitrogens with one attached hydrogen (secondary N) is 2. The zero-order chi connectivity index (χ0) is 18.1. The minimum absolute atomic E-state index is 0.309. The molecule has 1 atom stereocenters. The van der Waals surface area contributed by atoms with Gasteiger partial charge >= 0.3 is 0 Å². The van der Waals surface area contributed by atoms with Gasteiger partial charge in [0.25, 0.3) is 0 Å². The number of pyridine rings is 1. The molecule has 0 saturated carbocycles. The summed E-state index contributed by atoms with van der Waals surface area (Å²) in [7, 11) is 1.65. The van der Waals surface area contributed by atoms with Gasteiger partial charge in [-0.05, 0) is 36.2 Å². The number of primary amides is 1. The van der Waals surface area contributed by atoms with Crippen LogP contribution in [-0.4, -0.2) is 30.4 Å². The van der Waals surface area contributed by atoms with E-state index in [1.165, 1.54) is 12.1 Å². The summed E-state index contributed by atoms with van der Waals surface area (Å²) in [6.07, 6.45) is 2.15. The average molecular weight is 343 g/mol. The van der Waals surface area contributed by atoms with E-state index >= 15 is 0 Å². The van der Waals surface area contributed by atoms with Gasteiger partial charge in [0, 0.05) is 19.8 Å². The van der Waals surface area contributed by atoms with Crippen molar-refractivity contribution in [2.75, 3.05) is 13.6 Å². The molecule has 25 heavy (non-hydrogen) atoms. The molecule has 0 radical (unpaired) electrons. The highest BCUT2D eigenvalue weighted by atomic mass is 19.1. The Morgan fingerprint density at radius 3 is 2.60 bits per heavy atom. The summed E-state index contributed by atoms with van der Waals surface area (Å²) in [6, 6.07) is 11.7. The summed E-state index contributed by atoms with van der Waals surface area (Å²) in [5.74, 6) is -0.608. The lowest BCUT2D eigenvalue weighted by molar-refractivity contribution is -0.121. The van der Waals surface area contributed by atoms with Gasteiger partial charge in [0.2, 0.25) is 5.91 Å². The Bertz CT molecular complexity index is 703. The highest BCUT2D eigenvalue weighted by Gasteiger charge is 2.16. The molecule has 0 fully saturated rings. The van der Waals surface area contributed by atoms with Crippen LogP contribution in [-0.2, 0) is 17.8 Å². The largest absolute Gasteiger partial charge is 0.369 e. The summed E-state index contributed by atoms with van der Waals surface area (Å²) < 4.78 is 13.0. The Balaban J connectivity index is 1.88. The van der Waals surface area contributed by atoms with Crippen LogP contribution in [0.15, 0.2) is 53.7 Å². The molecule has 0 spiro atoms. The number of carbonyl (C=O) groups excluding carboxylic acids is 1. The maximum atomic E-state index is 13.0. The number of amides is 1. The fourth-order valence-electron chi connectivity index (χ4n) is 2.30. The first-order chi connectivity index (χ1) is 12.1. The standard InChI is InChI=1S/C18H22FN5O/c1-21-18(24-12-16-4-2-3-9-22-16)23-11-14(17(20)25)10-13-5-7-15(19)8-6-13/h2-9,14H,10-12H2,1H3,(H2,20,25)(H2,21,23,24). The first-order valence-electron chi connectivity index (χ1n) is 7.96. The Morgan fingerprint density at radius 1 is 1.24 bits per heavy atom. The van der Waals surface area contributed by atoms with Crippen molar-refractivity contribution in [3.63, 3.8) is 0 Å². The topological polar surface area (TPSA) is 92.4 Å². The fourth-order valence-corrected chi connectivity index (χ4v) is 2.30. The maximum Gasteiger partial charge on any atom is 0.222 e. The highest BCUT2D eigenvalue weighted by Crippen LogP contribution is 2.09. The monoisotopic (exact) mass is 343 g/mol. The molecule has 1 aromatic carbocycles. The van der Waals surface area contributed by atoms with Crippen molar-refractivity contribution in [2.24, 2.45) is 16.6 Å². The smallest absolute Gasteiger partial charge is 0.222 e. The van der Waals surface area contributed by atoms with Crippen LogP contribution in [0, 0.1) is 11.7 Å². The van der Waals surface area contributed by atoms with Crippen LogP contribution in [0.1, 0.15) is 11.3 Å². The average Bonchev–Trinajstić information content (AvgIpc) is 2.63. The molecular weight excluding hydrogens is 321 g/mol. The summed E-state index contributed by atoms with van der Waals surface area (Å²) >= 11 is 0. The molecule has 1 amide bonds. The molecule has 0 aliphatic rings. The second-order valence-electron chi connectivity index (χ2n) is 5.56. The van der Waals surface area contributed by atoms with Gasteiger partial charge in [-0.1, -0.05) is 18.2 Å². The number of hydrogen-bond donors (Lipinski definition) is 3. The van der Waals surface area contributed by atoms with Crippen LogP contribution in [0.5, 0.6) is 0 Å². The van der Waals surface area contributed by atoms with Crippen LogP contribution in [0.2, 0.25) is 0 Å². The minimum atomic E-state index is -0.432. The molecule has 4 N–H and O–H groups in total. The van der Waals surface area contributed by atoms with Crippen LogP contribution < -0.4 is 16.4 Å². The van der Waals surface area contributed by atoms with Gasteiger partial charge in [-0.3, -0.25) is 14.8 Å². The van der Waals surface area contributed by atoms with Gasteiger partial charge in [0.1, 0.15) is 5.82 Å². The molecule has 2 aromatic rings. The summed E-state index contributed by atoms with van der Waals surface area (Å²) in [4.78, 5) is 20.0. The second-order valence-corrected chi connectivity index (χ2v) is 5.56. The summed E-state index contributed by atoms with van der Waals surface area (Å²) in [6.45, 7) is 0.842. The molecule has 0 aliphatic carbocycles. The van der Waals surface area contributed by atoms with E-state index in [1.54, 1.807) is 25.4 Å². The van der Waals surface area contributed by atoms with Crippen molar-refractivity contribution in [1.29, 1.82) is 0 Å². The highest BCUT2D eigenvalue weighted by molar-refractivity contribution is 5.81. The number of nitrogens with zero attached hydrogens (tertiary/aromatic N) is 2. The minimum Gasteiger partial charge on any atom is -0.369 e. The molecule has 0 aliphatic heterocycles. The van der Waals surface area contributed by atoms with Gasteiger partial charge in [-0.2, -0.15) is 0 Å². The third-order valence-electron chi connectivity index (χ3n) is 3.70. The first-order valence-corrected chi connectivity index (χ1v) is 7.96. The zero-order valence-electron chi connectivity index (χ0n) is 14.1. The SMILES string of the molecule is CN=C(NCc1ccccn1)NCC(Cc1ccc(F)cc1)C(N)=O. The van der Waals surface area contributed by atoms with E-state index in [4.69, 9.17) is 5.73 Å². The van der Waals surface area contributed by atoms with Gasteiger partial charge in [0.15, 0.2) is 5.96 Å². The number of carbonyl (C=O) groups is 1. The first kappa shape index (κ1) is 18.4. The van der Waals surface area contributed by atoms with Crippen LogP contribution in [0.4, 0.5) is 4.39 Å². The maximum absolute atomic E-state index is 13.0. The van der Waals surface area contributed by atoms with E-state index in [0.717, 1.165) is 11.3 Å². The third-order valence-corrected chi connectivity index (χ3v) is 3.70. The van der Waals surface area contributed by atoms with E-state index < -0.39 is 11.8 Å². The normalized spacial score (nSPS) is 12.5. The summed E-state index contributed by atoms with van der Waals surface area (Å²) in [5.41, 5.74) is 7.21. The van der Waals surface area contributed by atoms with Crippen molar-refractivity contribution >= 4 is 11.9 Å². The number of guanidine groups is 1. The quantitative estimate of drug-likeness (QED) is 0.521. The van der Waals surface area contributed by atoms with E-state index in [9.17, 15) is 9.18 Å². The lowest BCUT2D eigenvalue weighted by Crippen LogP contribution is -2.42. The van der Waals surface area contributed by atoms with Crippen molar-refractivity contribution < 1.29 is 9.18 Å². The number of halogens is 1. The molecule has 0 bridgehead atoms. The van der Waals surface area contributed by atoms with Gasteiger partial charge in [0.05, 0.1) is 18.2 Å². The van der Waals surface area contributed by atoms with Gasteiger partial charge < -0.3 is 16.4 Å². The molecule has 132 valence electrons. The number of aromatic nitrogens is 1. The molecule has 2 rings (SSSR count).